The molecule has 0 fully saturated rings. The summed E-state index contributed by atoms with van der Waals surface area (Å²) in [6.45, 7) is 3.61. The minimum Gasteiger partial charge on any atom is -0.338 e. The Kier molecular flexibility index (Phi) is 6.77. The molecule has 8 nitrogen and oxygen atoms in total. The van der Waals surface area contributed by atoms with Gasteiger partial charge < -0.3 is 15.2 Å². The summed E-state index contributed by atoms with van der Waals surface area (Å²) >= 11 is 2.95. The third kappa shape index (κ3) is 6.04. The average Bonchev–Trinajstić information content (AvgIpc) is 3.27. The van der Waals surface area contributed by atoms with Crippen molar-refractivity contribution in [2.24, 2.45) is 0 Å². The fraction of sp³-hybridized carbons (Fsp3) is 0.353. The molecule has 0 radical (unpaired) electrons. The van der Waals surface area contributed by atoms with E-state index in [1.54, 1.807) is 0 Å². The van der Waals surface area contributed by atoms with Crippen molar-refractivity contribution in [1.29, 1.82) is 0 Å². The smallest absolute Gasteiger partial charge is 0.237 e. The van der Waals surface area contributed by atoms with Gasteiger partial charge in [0.2, 0.25) is 16.9 Å². The van der Waals surface area contributed by atoms with Crippen LogP contribution in [-0.4, -0.2) is 26.2 Å². The first-order chi connectivity index (χ1) is 13.1. The van der Waals surface area contributed by atoms with Crippen molar-refractivity contribution < 1.29 is 9.32 Å². The molecule has 3 rings (SSSR count). The van der Waals surface area contributed by atoms with E-state index in [-0.39, 0.29) is 5.91 Å². The SMILES string of the molecule is CCCCc1noc(CSc2nnc(Nc3cccc(NC(C)=O)c3)s2)n1. The second-order valence-corrected chi connectivity index (χ2v) is 7.96. The van der Waals surface area contributed by atoms with E-state index < -0.39 is 0 Å². The molecule has 142 valence electrons. The number of thioether (sulfide) groups is 1. The lowest BCUT2D eigenvalue weighted by Gasteiger charge is -2.05. The quantitative estimate of drug-likeness (QED) is 0.510. The summed E-state index contributed by atoms with van der Waals surface area (Å²) in [4.78, 5) is 15.5. The number of rotatable bonds is 9. The number of unbranched alkanes of at least 4 members (excludes halogenated alkanes) is 1. The van der Waals surface area contributed by atoms with Crippen molar-refractivity contribution in [2.75, 3.05) is 10.6 Å². The van der Waals surface area contributed by atoms with Crippen molar-refractivity contribution in [1.82, 2.24) is 20.3 Å². The topological polar surface area (TPSA) is 106 Å². The standard InChI is InChI=1S/C17H20N6O2S2/c1-3-4-8-14-20-15(25-23-14)10-26-17-22-21-16(27-17)19-13-7-5-6-12(9-13)18-11(2)24/h5-7,9H,3-4,8,10H2,1-2H3,(H,18,24)(H,19,21). The highest BCUT2D eigenvalue weighted by Gasteiger charge is 2.10. The molecule has 3 aromatic rings. The summed E-state index contributed by atoms with van der Waals surface area (Å²) in [7, 11) is 0. The third-order valence-electron chi connectivity index (χ3n) is 3.42. The number of aryl methyl sites for hydroxylation is 1. The summed E-state index contributed by atoms with van der Waals surface area (Å²) < 4.78 is 6.06. The lowest BCUT2D eigenvalue weighted by atomic mass is 10.2. The first-order valence-corrected chi connectivity index (χ1v) is 10.3. The molecule has 0 saturated heterocycles. The van der Waals surface area contributed by atoms with E-state index in [0.717, 1.165) is 40.8 Å². The molecule has 0 bridgehead atoms. The molecule has 0 aliphatic carbocycles. The van der Waals surface area contributed by atoms with Gasteiger partial charge >= 0.3 is 0 Å². The van der Waals surface area contributed by atoms with Crippen LogP contribution in [0.4, 0.5) is 16.5 Å². The first-order valence-electron chi connectivity index (χ1n) is 8.55. The number of benzene rings is 1. The van der Waals surface area contributed by atoms with Crippen molar-refractivity contribution in [3.8, 4) is 0 Å². The molecule has 0 saturated carbocycles. The van der Waals surface area contributed by atoms with E-state index >= 15 is 0 Å². The summed E-state index contributed by atoms with van der Waals surface area (Å²) in [5.41, 5.74) is 1.55. The number of hydrogen-bond acceptors (Lipinski definition) is 9. The number of amides is 1. The van der Waals surface area contributed by atoms with Crippen LogP contribution >= 0.6 is 23.1 Å². The highest BCUT2D eigenvalue weighted by molar-refractivity contribution is 8.00. The zero-order valence-corrected chi connectivity index (χ0v) is 16.7. The number of nitrogens with one attached hydrogen (secondary N) is 2. The van der Waals surface area contributed by atoms with Gasteiger partial charge in [-0.1, -0.05) is 47.7 Å². The molecule has 0 spiro atoms. The van der Waals surface area contributed by atoms with Crippen molar-refractivity contribution in [2.45, 2.75) is 43.2 Å². The van der Waals surface area contributed by atoms with E-state index in [2.05, 4.69) is 37.9 Å². The van der Waals surface area contributed by atoms with Gasteiger partial charge in [0, 0.05) is 24.7 Å². The molecule has 0 aliphatic rings. The molecule has 0 unspecified atom stereocenters. The molecule has 10 heteroatoms. The fourth-order valence-corrected chi connectivity index (χ4v) is 3.84. The summed E-state index contributed by atoms with van der Waals surface area (Å²) in [5.74, 6) is 1.80. The predicted molar refractivity (Wildman–Crippen MR) is 106 cm³/mol. The van der Waals surface area contributed by atoms with Gasteiger partial charge in [-0.15, -0.1) is 10.2 Å². The van der Waals surface area contributed by atoms with Crippen molar-refractivity contribution in [3.63, 3.8) is 0 Å². The maximum Gasteiger partial charge on any atom is 0.237 e. The Labute approximate surface area is 165 Å². The van der Waals surface area contributed by atoms with Crippen LogP contribution in [0.3, 0.4) is 0 Å². The normalized spacial score (nSPS) is 10.7. The fourth-order valence-electron chi connectivity index (χ4n) is 2.23. The Hall–Kier alpha value is -2.46. The second kappa shape index (κ2) is 9.47. The molecular formula is C17H20N6O2S2. The Morgan fingerprint density at radius 1 is 1.30 bits per heavy atom. The molecule has 2 heterocycles. The Bertz CT molecular complexity index is 895. The Balaban J connectivity index is 1.54. The van der Waals surface area contributed by atoms with Gasteiger partial charge in [-0.3, -0.25) is 4.79 Å². The number of carbonyl (C=O) groups is 1. The summed E-state index contributed by atoms with van der Waals surface area (Å²) in [6.07, 6.45) is 3.00. The van der Waals surface area contributed by atoms with Crippen LogP contribution in [0.25, 0.3) is 0 Å². The minimum atomic E-state index is -0.111. The third-order valence-corrected chi connectivity index (χ3v) is 5.38. The zero-order chi connectivity index (χ0) is 19.1. The maximum absolute atomic E-state index is 11.2. The maximum atomic E-state index is 11.2. The van der Waals surface area contributed by atoms with Gasteiger partial charge in [0.25, 0.3) is 0 Å². The van der Waals surface area contributed by atoms with Gasteiger partial charge in [-0.25, -0.2) is 0 Å². The Morgan fingerprint density at radius 2 is 2.15 bits per heavy atom. The van der Waals surface area contributed by atoms with Crippen LogP contribution in [0.15, 0.2) is 33.1 Å². The van der Waals surface area contributed by atoms with Crippen LogP contribution in [0, 0.1) is 0 Å². The molecule has 1 amide bonds. The van der Waals surface area contributed by atoms with Crippen LogP contribution in [-0.2, 0) is 17.0 Å². The van der Waals surface area contributed by atoms with Gasteiger partial charge in [0.05, 0.1) is 5.75 Å². The number of nitrogens with zero attached hydrogens (tertiary/aromatic N) is 4. The highest BCUT2D eigenvalue weighted by Crippen LogP contribution is 2.30. The van der Waals surface area contributed by atoms with Gasteiger partial charge in [-0.05, 0) is 24.6 Å². The molecule has 2 aromatic heterocycles. The average molecular weight is 405 g/mol. The van der Waals surface area contributed by atoms with E-state index in [9.17, 15) is 4.79 Å². The van der Waals surface area contributed by atoms with Crippen LogP contribution < -0.4 is 10.6 Å². The Morgan fingerprint density at radius 3 is 2.96 bits per heavy atom. The summed E-state index contributed by atoms with van der Waals surface area (Å²) in [6, 6.07) is 7.42. The van der Waals surface area contributed by atoms with Crippen LogP contribution in [0.5, 0.6) is 0 Å². The molecular weight excluding hydrogens is 384 g/mol. The summed E-state index contributed by atoms with van der Waals surface area (Å²) in [5, 5.41) is 18.9. The van der Waals surface area contributed by atoms with Crippen LogP contribution in [0.1, 0.15) is 38.4 Å². The van der Waals surface area contributed by atoms with Crippen molar-refractivity contribution in [3.05, 3.63) is 36.0 Å². The molecule has 2 N–H and O–H groups in total. The largest absolute Gasteiger partial charge is 0.338 e. The van der Waals surface area contributed by atoms with Gasteiger partial charge in [0.15, 0.2) is 10.2 Å². The molecule has 27 heavy (non-hydrogen) atoms. The lowest BCUT2D eigenvalue weighted by Crippen LogP contribution is -2.05. The molecule has 0 atom stereocenters. The van der Waals surface area contributed by atoms with E-state index in [1.807, 2.05) is 24.3 Å². The molecule has 1 aromatic carbocycles. The molecule has 0 aliphatic heterocycles. The number of hydrogen-bond donors (Lipinski definition) is 2. The van der Waals surface area contributed by atoms with Crippen LogP contribution in [0.2, 0.25) is 0 Å². The highest BCUT2D eigenvalue weighted by atomic mass is 32.2. The second-order valence-electron chi connectivity index (χ2n) is 5.76. The van der Waals surface area contributed by atoms with E-state index in [4.69, 9.17) is 4.52 Å². The van der Waals surface area contributed by atoms with E-state index in [0.29, 0.717) is 16.8 Å². The van der Waals surface area contributed by atoms with Crippen molar-refractivity contribution >= 4 is 45.5 Å². The van der Waals surface area contributed by atoms with E-state index in [1.165, 1.54) is 30.0 Å². The van der Waals surface area contributed by atoms with Gasteiger partial charge in [0.1, 0.15) is 0 Å². The lowest BCUT2D eigenvalue weighted by molar-refractivity contribution is -0.114. The monoisotopic (exact) mass is 404 g/mol. The number of anilines is 3. The predicted octanol–water partition coefficient (Wildman–Crippen LogP) is 4.26. The number of aromatic nitrogens is 4. The van der Waals surface area contributed by atoms with Gasteiger partial charge in [-0.2, -0.15) is 4.98 Å². The number of carbonyl (C=O) groups excluding carboxylic acids is 1. The first kappa shape index (κ1) is 19.3. The zero-order valence-electron chi connectivity index (χ0n) is 15.1. The minimum absolute atomic E-state index is 0.111.